The van der Waals surface area contributed by atoms with Crippen LogP contribution >= 0.6 is 23.3 Å². The molecule has 0 atom stereocenters. The van der Waals surface area contributed by atoms with Crippen LogP contribution in [0.1, 0.15) is 59.0 Å². The van der Waals surface area contributed by atoms with Gasteiger partial charge in [-0.1, -0.05) is 54.6 Å². The van der Waals surface area contributed by atoms with Crippen molar-refractivity contribution in [3.05, 3.63) is 95.7 Å². The van der Waals surface area contributed by atoms with E-state index in [4.69, 9.17) is 4.74 Å². The molecule has 3 aromatic carbocycles. The summed E-state index contributed by atoms with van der Waals surface area (Å²) in [5.41, 5.74) is 4.94. The van der Waals surface area contributed by atoms with Crippen LogP contribution in [0, 0.1) is 0 Å². The fourth-order valence-electron chi connectivity index (χ4n) is 4.84. The second-order valence-electron chi connectivity index (χ2n) is 8.99. The summed E-state index contributed by atoms with van der Waals surface area (Å²) >= 11 is 3.06. The normalized spacial score (nSPS) is 17.5. The number of nitrogens with zero attached hydrogens (tertiary/aromatic N) is 1. The Balaban J connectivity index is 1.19. The Morgan fingerprint density at radius 1 is 0.972 bits per heavy atom. The first-order valence-electron chi connectivity index (χ1n) is 12.1. The summed E-state index contributed by atoms with van der Waals surface area (Å²) in [6.07, 6.45) is 6.83. The first-order valence-corrected chi connectivity index (χ1v) is 13.7. The van der Waals surface area contributed by atoms with Gasteiger partial charge in [-0.3, -0.25) is 0 Å². The summed E-state index contributed by atoms with van der Waals surface area (Å²) < 4.78 is 9.60. The molecule has 2 N–H and O–H groups in total. The number of anilines is 1. The molecule has 0 radical (unpaired) electrons. The lowest BCUT2D eigenvalue weighted by atomic mass is 9.76. The number of aromatic carboxylic acids is 1. The predicted molar refractivity (Wildman–Crippen MR) is 147 cm³/mol. The zero-order valence-electron chi connectivity index (χ0n) is 20.0. The first-order chi connectivity index (χ1) is 17.6. The van der Waals surface area contributed by atoms with Gasteiger partial charge in [-0.15, -0.1) is 11.3 Å². The highest BCUT2D eigenvalue weighted by Gasteiger charge is 2.23. The number of ether oxygens (including phenoxy) is 1. The monoisotopic (exact) mass is 516 g/mol. The van der Waals surface area contributed by atoms with Crippen molar-refractivity contribution in [2.24, 2.45) is 0 Å². The molecule has 1 aliphatic carbocycles. The number of hydrogen-bond donors (Lipinski definition) is 2. The van der Waals surface area contributed by atoms with Gasteiger partial charge in [-0.25, -0.2) is 9.78 Å². The van der Waals surface area contributed by atoms with Gasteiger partial charge in [0.1, 0.15) is 15.0 Å². The molecule has 0 saturated heterocycles. The lowest BCUT2D eigenvalue weighted by molar-refractivity contribution is 0.0696. The van der Waals surface area contributed by atoms with Crippen LogP contribution in [0.4, 0.5) is 5.69 Å². The molecule has 36 heavy (non-hydrogen) atoms. The minimum Gasteiger partial charge on any atom is -0.495 e. The summed E-state index contributed by atoms with van der Waals surface area (Å²) in [7, 11) is 1.53. The molecule has 0 bridgehead atoms. The number of nitrogens with one attached hydrogen (secondary N) is 1. The van der Waals surface area contributed by atoms with E-state index in [0.29, 0.717) is 23.3 Å². The predicted octanol–water partition coefficient (Wildman–Crippen LogP) is 8.08. The number of carboxylic acids is 1. The Labute approximate surface area is 219 Å². The smallest absolute Gasteiger partial charge is 0.335 e. The molecule has 5 nitrogen and oxygen atoms in total. The molecule has 0 unspecified atom stereocenters. The molecule has 0 spiro atoms. The molecule has 1 heterocycles. The number of aromatic nitrogens is 1. The molecular weight excluding hydrogens is 488 g/mol. The van der Waals surface area contributed by atoms with Crippen LogP contribution in [0.15, 0.2) is 83.2 Å². The third-order valence-electron chi connectivity index (χ3n) is 6.82. The molecule has 1 aliphatic rings. The maximum atomic E-state index is 11.2. The van der Waals surface area contributed by atoms with Gasteiger partial charge in [-0.2, -0.15) is 0 Å². The summed E-state index contributed by atoms with van der Waals surface area (Å²) in [6.45, 7) is 0. The zero-order valence-corrected chi connectivity index (χ0v) is 21.6. The van der Waals surface area contributed by atoms with E-state index in [1.807, 2.05) is 6.20 Å². The average Bonchev–Trinajstić information content (AvgIpc) is 3.41. The molecule has 5 rings (SSSR count). The van der Waals surface area contributed by atoms with Gasteiger partial charge >= 0.3 is 5.97 Å². The van der Waals surface area contributed by atoms with E-state index in [9.17, 15) is 9.90 Å². The molecule has 0 aliphatic heterocycles. The van der Waals surface area contributed by atoms with Crippen LogP contribution in [-0.2, 0) is 0 Å². The first kappa shape index (κ1) is 24.4. The van der Waals surface area contributed by atoms with Gasteiger partial charge < -0.3 is 14.6 Å². The van der Waals surface area contributed by atoms with Crippen molar-refractivity contribution in [1.29, 1.82) is 0 Å². The van der Waals surface area contributed by atoms with E-state index in [-0.39, 0.29) is 5.56 Å². The largest absolute Gasteiger partial charge is 0.495 e. The van der Waals surface area contributed by atoms with Crippen molar-refractivity contribution in [2.75, 3.05) is 11.8 Å². The molecule has 1 saturated carbocycles. The zero-order chi connectivity index (χ0) is 24.9. The molecule has 1 fully saturated rings. The van der Waals surface area contributed by atoms with Crippen molar-refractivity contribution >= 4 is 34.9 Å². The summed E-state index contributed by atoms with van der Waals surface area (Å²) in [5.74, 6) is 0.829. The van der Waals surface area contributed by atoms with Crippen LogP contribution in [0.5, 0.6) is 5.75 Å². The number of hydrogen-bond acceptors (Lipinski definition) is 6. The standard InChI is InChI=1S/C29H28N2O3S2/c1-34-26-17-24(29(32)33)15-16-25(26)31-36-27-18-30-28(35-27)23-13-11-22(12-14-23)21-9-7-20(8-10-21)19-5-3-2-4-6-19/h2-6,11-18,20-21,31H,7-10H2,1H3,(H,32,33). The quantitative estimate of drug-likeness (QED) is 0.231. The van der Waals surface area contributed by atoms with Crippen LogP contribution in [0.3, 0.4) is 0 Å². The molecular formula is C29H28N2O3S2. The molecule has 184 valence electrons. The third kappa shape index (κ3) is 5.58. The number of carboxylic acid groups (broad SMARTS) is 1. The van der Waals surface area contributed by atoms with E-state index >= 15 is 0 Å². The minimum absolute atomic E-state index is 0.190. The van der Waals surface area contributed by atoms with Gasteiger partial charge in [0.25, 0.3) is 0 Å². The summed E-state index contributed by atoms with van der Waals surface area (Å²) in [5, 5.41) is 10.1. The Kier molecular flexibility index (Phi) is 7.58. The number of carbonyl (C=O) groups is 1. The fraction of sp³-hybridized carbons (Fsp3) is 0.241. The number of methoxy groups -OCH3 is 1. The van der Waals surface area contributed by atoms with Gasteiger partial charge in [0.05, 0.1) is 24.6 Å². The van der Waals surface area contributed by atoms with Crippen molar-refractivity contribution in [3.8, 4) is 16.3 Å². The van der Waals surface area contributed by atoms with Crippen molar-refractivity contribution < 1.29 is 14.6 Å². The third-order valence-corrected chi connectivity index (χ3v) is 8.79. The van der Waals surface area contributed by atoms with E-state index in [1.54, 1.807) is 23.5 Å². The Morgan fingerprint density at radius 2 is 1.64 bits per heavy atom. The van der Waals surface area contributed by atoms with E-state index < -0.39 is 5.97 Å². The topological polar surface area (TPSA) is 71.5 Å². The number of thiazole rings is 1. The highest BCUT2D eigenvalue weighted by atomic mass is 32.2. The van der Waals surface area contributed by atoms with Gasteiger partial charge in [0.2, 0.25) is 0 Å². The van der Waals surface area contributed by atoms with Crippen molar-refractivity contribution in [2.45, 2.75) is 41.7 Å². The molecule has 0 amide bonds. The maximum Gasteiger partial charge on any atom is 0.335 e. The minimum atomic E-state index is -0.981. The second-order valence-corrected chi connectivity index (χ2v) is 11.1. The van der Waals surface area contributed by atoms with Crippen molar-refractivity contribution in [3.63, 3.8) is 0 Å². The lowest BCUT2D eigenvalue weighted by Gasteiger charge is -2.29. The molecule has 4 aromatic rings. The number of benzene rings is 3. The fourth-order valence-corrected chi connectivity index (χ4v) is 6.51. The van der Waals surface area contributed by atoms with E-state index in [0.717, 1.165) is 14.8 Å². The SMILES string of the molecule is COc1cc(C(=O)O)ccc1NSc1cnc(-c2ccc(C3CCC(c4ccccc4)CC3)cc2)s1. The molecule has 7 heteroatoms. The van der Waals surface area contributed by atoms with Crippen LogP contribution in [-0.4, -0.2) is 23.2 Å². The van der Waals surface area contributed by atoms with E-state index in [2.05, 4.69) is 64.3 Å². The lowest BCUT2D eigenvalue weighted by Crippen LogP contribution is -2.12. The highest BCUT2D eigenvalue weighted by Crippen LogP contribution is 2.41. The van der Waals surface area contributed by atoms with Crippen LogP contribution in [0.25, 0.3) is 10.6 Å². The summed E-state index contributed by atoms with van der Waals surface area (Å²) in [6, 6.07) is 24.6. The van der Waals surface area contributed by atoms with Gasteiger partial charge in [-0.05, 0) is 78.8 Å². The highest BCUT2D eigenvalue weighted by molar-refractivity contribution is 8.02. The molecule has 1 aromatic heterocycles. The van der Waals surface area contributed by atoms with Gasteiger partial charge in [0, 0.05) is 5.56 Å². The van der Waals surface area contributed by atoms with Crippen LogP contribution < -0.4 is 9.46 Å². The Morgan fingerprint density at radius 3 is 2.28 bits per heavy atom. The Hall–Kier alpha value is -3.29. The summed E-state index contributed by atoms with van der Waals surface area (Å²) in [4.78, 5) is 15.8. The van der Waals surface area contributed by atoms with E-state index in [1.165, 1.54) is 61.9 Å². The number of rotatable bonds is 8. The second kappa shape index (κ2) is 11.2. The van der Waals surface area contributed by atoms with Crippen molar-refractivity contribution in [1.82, 2.24) is 4.98 Å². The average molecular weight is 517 g/mol. The van der Waals surface area contributed by atoms with Crippen LogP contribution in [0.2, 0.25) is 0 Å². The van der Waals surface area contributed by atoms with Gasteiger partial charge in [0.15, 0.2) is 0 Å². The maximum absolute atomic E-state index is 11.2. The Bertz CT molecular complexity index is 1310.